The van der Waals surface area contributed by atoms with Gasteiger partial charge >= 0.3 is 0 Å². The van der Waals surface area contributed by atoms with E-state index in [4.69, 9.17) is 10.00 Å². The number of amides is 2. The minimum atomic E-state index is -0.703. The molecule has 2 amide bonds. The number of carbonyl (C=O) groups is 2. The van der Waals surface area contributed by atoms with Crippen LogP contribution in [0.5, 0.6) is 5.75 Å². The van der Waals surface area contributed by atoms with E-state index in [0.29, 0.717) is 17.9 Å². The second-order valence-corrected chi connectivity index (χ2v) is 5.41. The summed E-state index contributed by atoms with van der Waals surface area (Å²) in [4.78, 5) is 24.0. The zero-order valence-corrected chi connectivity index (χ0v) is 13.9. The van der Waals surface area contributed by atoms with Gasteiger partial charge in [0.25, 0.3) is 5.91 Å². The molecule has 0 aliphatic heterocycles. The lowest BCUT2D eigenvalue weighted by Crippen LogP contribution is -2.43. The average Bonchev–Trinajstić information content (AvgIpc) is 2.62. The van der Waals surface area contributed by atoms with Crippen LogP contribution in [0, 0.1) is 11.3 Å². The van der Waals surface area contributed by atoms with Crippen molar-refractivity contribution in [2.45, 2.75) is 19.4 Å². The molecule has 0 spiro atoms. The van der Waals surface area contributed by atoms with Gasteiger partial charge in [-0.15, -0.1) is 0 Å². The van der Waals surface area contributed by atoms with Crippen LogP contribution in [0.1, 0.15) is 12.5 Å². The number of nitrogens with zero attached hydrogens (tertiary/aromatic N) is 1. The first-order chi connectivity index (χ1) is 12.1. The van der Waals surface area contributed by atoms with Crippen LogP contribution in [0.2, 0.25) is 0 Å². The standard InChI is InChI=1S/C19H19N3O3/c1-14(21-18(23)13-25-17-5-3-2-4-6-17)19(24)22-16-9-7-15(8-10-16)11-12-20/h2-10,14H,11,13H2,1H3,(H,21,23)(H,22,24)/t14-/m1/s1. The first-order valence-corrected chi connectivity index (χ1v) is 7.82. The second-order valence-electron chi connectivity index (χ2n) is 5.41. The molecular formula is C19H19N3O3. The summed E-state index contributed by atoms with van der Waals surface area (Å²) in [5.41, 5.74) is 1.48. The summed E-state index contributed by atoms with van der Waals surface area (Å²) in [7, 11) is 0. The summed E-state index contributed by atoms with van der Waals surface area (Å²) in [5, 5.41) is 13.9. The highest BCUT2D eigenvalue weighted by molar-refractivity contribution is 5.97. The van der Waals surface area contributed by atoms with Crippen LogP contribution < -0.4 is 15.4 Å². The molecule has 2 rings (SSSR count). The molecule has 0 aromatic heterocycles. The summed E-state index contributed by atoms with van der Waals surface area (Å²) < 4.78 is 5.33. The Hall–Kier alpha value is -3.33. The van der Waals surface area contributed by atoms with Crippen molar-refractivity contribution in [3.05, 3.63) is 60.2 Å². The summed E-state index contributed by atoms with van der Waals surface area (Å²) in [6.45, 7) is 1.43. The first-order valence-electron chi connectivity index (χ1n) is 7.82. The molecule has 25 heavy (non-hydrogen) atoms. The quantitative estimate of drug-likeness (QED) is 0.811. The van der Waals surface area contributed by atoms with Gasteiger partial charge in [-0.2, -0.15) is 5.26 Å². The molecule has 2 aromatic carbocycles. The van der Waals surface area contributed by atoms with Crippen LogP contribution in [-0.2, 0) is 16.0 Å². The minimum absolute atomic E-state index is 0.162. The van der Waals surface area contributed by atoms with Crippen molar-refractivity contribution in [1.29, 1.82) is 5.26 Å². The number of hydrogen-bond donors (Lipinski definition) is 2. The molecule has 2 N–H and O–H groups in total. The van der Waals surface area contributed by atoms with Gasteiger partial charge in [-0.25, -0.2) is 0 Å². The van der Waals surface area contributed by atoms with Gasteiger partial charge in [0, 0.05) is 5.69 Å². The van der Waals surface area contributed by atoms with Crippen molar-refractivity contribution >= 4 is 17.5 Å². The normalized spacial score (nSPS) is 11.0. The van der Waals surface area contributed by atoms with Gasteiger partial charge < -0.3 is 15.4 Å². The SMILES string of the molecule is C[C@@H](NC(=O)COc1ccccc1)C(=O)Nc1ccc(CC#N)cc1. The van der Waals surface area contributed by atoms with Crippen molar-refractivity contribution in [1.82, 2.24) is 5.32 Å². The zero-order chi connectivity index (χ0) is 18.1. The minimum Gasteiger partial charge on any atom is -0.484 e. The van der Waals surface area contributed by atoms with Crippen LogP contribution >= 0.6 is 0 Å². The van der Waals surface area contributed by atoms with Gasteiger partial charge in [0.2, 0.25) is 5.91 Å². The molecule has 6 nitrogen and oxygen atoms in total. The van der Waals surface area contributed by atoms with Crippen molar-refractivity contribution in [2.75, 3.05) is 11.9 Å². The molecule has 0 heterocycles. The maximum atomic E-state index is 12.1. The van der Waals surface area contributed by atoms with E-state index in [0.717, 1.165) is 5.56 Å². The Morgan fingerprint density at radius 3 is 2.44 bits per heavy atom. The number of anilines is 1. The van der Waals surface area contributed by atoms with E-state index in [9.17, 15) is 9.59 Å². The number of carbonyl (C=O) groups excluding carboxylic acids is 2. The molecular weight excluding hydrogens is 318 g/mol. The highest BCUT2D eigenvalue weighted by atomic mass is 16.5. The summed E-state index contributed by atoms with van der Waals surface area (Å²) in [6, 6.07) is 17.3. The molecule has 1 atom stereocenters. The van der Waals surface area contributed by atoms with Gasteiger partial charge in [-0.1, -0.05) is 30.3 Å². The molecule has 128 valence electrons. The van der Waals surface area contributed by atoms with Crippen LogP contribution in [0.4, 0.5) is 5.69 Å². The molecule has 0 aliphatic rings. The van der Waals surface area contributed by atoms with Crippen LogP contribution in [-0.4, -0.2) is 24.5 Å². The molecule has 0 fully saturated rings. The highest BCUT2D eigenvalue weighted by Gasteiger charge is 2.16. The lowest BCUT2D eigenvalue weighted by atomic mass is 10.1. The van der Waals surface area contributed by atoms with Crippen molar-refractivity contribution in [3.63, 3.8) is 0 Å². The van der Waals surface area contributed by atoms with E-state index in [-0.39, 0.29) is 18.4 Å². The van der Waals surface area contributed by atoms with E-state index in [1.165, 1.54) is 0 Å². The van der Waals surface area contributed by atoms with Gasteiger partial charge in [0.1, 0.15) is 11.8 Å². The van der Waals surface area contributed by atoms with E-state index >= 15 is 0 Å². The molecule has 0 aliphatic carbocycles. The Morgan fingerprint density at radius 1 is 1.12 bits per heavy atom. The molecule has 0 saturated carbocycles. The monoisotopic (exact) mass is 337 g/mol. The zero-order valence-electron chi connectivity index (χ0n) is 13.9. The molecule has 0 bridgehead atoms. The van der Waals surface area contributed by atoms with Gasteiger partial charge in [-0.05, 0) is 36.8 Å². The smallest absolute Gasteiger partial charge is 0.258 e. The van der Waals surface area contributed by atoms with E-state index < -0.39 is 6.04 Å². The molecule has 0 radical (unpaired) electrons. The Labute approximate surface area is 146 Å². The number of nitriles is 1. The van der Waals surface area contributed by atoms with Crippen molar-refractivity contribution in [3.8, 4) is 11.8 Å². The number of para-hydroxylation sites is 1. The fourth-order valence-electron chi connectivity index (χ4n) is 2.06. The van der Waals surface area contributed by atoms with Crippen LogP contribution in [0.3, 0.4) is 0 Å². The summed E-state index contributed by atoms with van der Waals surface area (Å²) in [6.07, 6.45) is 0.322. The third-order valence-corrected chi connectivity index (χ3v) is 3.39. The fraction of sp³-hybridized carbons (Fsp3) is 0.211. The first kappa shape index (κ1) is 18.0. The van der Waals surface area contributed by atoms with Gasteiger partial charge in [0.15, 0.2) is 6.61 Å². The number of ether oxygens (including phenoxy) is 1. The van der Waals surface area contributed by atoms with Crippen molar-refractivity contribution in [2.24, 2.45) is 0 Å². The predicted molar refractivity (Wildman–Crippen MR) is 93.9 cm³/mol. The average molecular weight is 337 g/mol. The molecule has 2 aromatic rings. The van der Waals surface area contributed by atoms with E-state index in [1.54, 1.807) is 43.3 Å². The Kier molecular flexibility index (Phi) is 6.55. The topological polar surface area (TPSA) is 91.2 Å². The van der Waals surface area contributed by atoms with Gasteiger partial charge in [-0.3, -0.25) is 9.59 Å². The van der Waals surface area contributed by atoms with Gasteiger partial charge in [0.05, 0.1) is 12.5 Å². The highest BCUT2D eigenvalue weighted by Crippen LogP contribution is 2.10. The predicted octanol–water partition coefficient (Wildman–Crippen LogP) is 2.27. The lowest BCUT2D eigenvalue weighted by Gasteiger charge is -2.14. The summed E-state index contributed by atoms with van der Waals surface area (Å²) in [5.74, 6) is -0.121. The fourth-order valence-corrected chi connectivity index (χ4v) is 2.06. The Bertz CT molecular complexity index is 752. The number of benzene rings is 2. The summed E-state index contributed by atoms with van der Waals surface area (Å²) >= 11 is 0. The van der Waals surface area contributed by atoms with Crippen LogP contribution in [0.15, 0.2) is 54.6 Å². The number of hydrogen-bond acceptors (Lipinski definition) is 4. The molecule has 0 unspecified atom stereocenters. The Balaban J connectivity index is 1.79. The number of nitrogens with one attached hydrogen (secondary N) is 2. The third-order valence-electron chi connectivity index (χ3n) is 3.39. The van der Waals surface area contributed by atoms with Crippen molar-refractivity contribution < 1.29 is 14.3 Å². The number of rotatable bonds is 7. The largest absolute Gasteiger partial charge is 0.484 e. The maximum Gasteiger partial charge on any atom is 0.258 e. The van der Waals surface area contributed by atoms with E-state index in [2.05, 4.69) is 16.7 Å². The molecule has 6 heteroatoms. The lowest BCUT2D eigenvalue weighted by molar-refractivity contribution is -0.127. The third kappa shape index (κ3) is 5.99. The maximum absolute atomic E-state index is 12.1. The van der Waals surface area contributed by atoms with Crippen LogP contribution in [0.25, 0.3) is 0 Å². The molecule has 0 saturated heterocycles. The Morgan fingerprint density at radius 2 is 1.80 bits per heavy atom. The second kappa shape index (κ2) is 9.08. The van der Waals surface area contributed by atoms with E-state index in [1.807, 2.05) is 18.2 Å².